The van der Waals surface area contributed by atoms with Crippen molar-refractivity contribution in [2.75, 3.05) is 6.61 Å². The molecular weight excluding hydrogens is 250 g/mol. The molecule has 1 aliphatic rings. The van der Waals surface area contributed by atoms with Crippen LogP contribution in [0.25, 0.3) is 5.57 Å². The molecule has 1 aliphatic carbocycles. The number of carbonyl (C=O) groups is 1. The normalized spacial score (nSPS) is 18.9. The zero-order chi connectivity index (χ0) is 13.0. The van der Waals surface area contributed by atoms with Crippen molar-refractivity contribution in [2.24, 2.45) is 5.92 Å². The third-order valence-corrected chi connectivity index (χ3v) is 3.07. The molecule has 4 heteroatoms. The molecule has 2 rings (SSSR count). The van der Waals surface area contributed by atoms with Crippen LogP contribution in [0.5, 0.6) is 0 Å². The number of pyridine rings is 1. The van der Waals surface area contributed by atoms with Crippen LogP contribution in [-0.4, -0.2) is 17.6 Å². The van der Waals surface area contributed by atoms with Gasteiger partial charge in [-0.1, -0.05) is 17.7 Å². The van der Waals surface area contributed by atoms with E-state index in [1.54, 1.807) is 19.3 Å². The minimum Gasteiger partial charge on any atom is -0.466 e. The van der Waals surface area contributed by atoms with Crippen LogP contribution >= 0.6 is 11.6 Å². The molecule has 0 amide bonds. The second kappa shape index (κ2) is 5.83. The summed E-state index contributed by atoms with van der Waals surface area (Å²) in [6.45, 7) is 2.19. The Bertz CT molecular complexity index is 494. The number of rotatable bonds is 3. The quantitative estimate of drug-likeness (QED) is 0.787. The van der Waals surface area contributed by atoms with Crippen molar-refractivity contribution in [3.8, 4) is 0 Å². The summed E-state index contributed by atoms with van der Waals surface area (Å²) in [6, 6.07) is 3.74. The largest absolute Gasteiger partial charge is 0.466 e. The number of halogens is 1. The van der Waals surface area contributed by atoms with Crippen LogP contribution in [0.3, 0.4) is 0 Å². The minimum atomic E-state index is -0.283. The fourth-order valence-electron chi connectivity index (χ4n) is 1.96. The first-order chi connectivity index (χ1) is 8.72. The Hall–Kier alpha value is -1.61. The molecule has 0 N–H and O–H groups in total. The van der Waals surface area contributed by atoms with Crippen molar-refractivity contribution in [1.82, 2.24) is 4.98 Å². The smallest absolute Gasteiger partial charge is 0.313 e. The van der Waals surface area contributed by atoms with E-state index in [-0.39, 0.29) is 11.9 Å². The van der Waals surface area contributed by atoms with Crippen molar-refractivity contribution in [3.05, 3.63) is 47.3 Å². The molecule has 3 nitrogen and oxygen atoms in total. The second-order valence-electron chi connectivity index (χ2n) is 3.96. The maximum Gasteiger partial charge on any atom is 0.313 e. The van der Waals surface area contributed by atoms with Gasteiger partial charge in [-0.2, -0.15) is 0 Å². The van der Waals surface area contributed by atoms with Gasteiger partial charge in [0.05, 0.1) is 12.5 Å². The highest BCUT2D eigenvalue weighted by Crippen LogP contribution is 2.33. The van der Waals surface area contributed by atoms with Gasteiger partial charge in [0, 0.05) is 17.4 Å². The summed E-state index contributed by atoms with van der Waals surface area (Å²) in [6.07, 6.45) is 7.64. The molecule has 1 aromatic heterocycles. The Kier molecular flexibility index (Phi) is 4.15. The van der Waals surface area contributed by atoms with E-state index in [4.69, 9.17) is 16.3 Å². The summed E-state index contributed by atoms with van der Waals surface area (Å²) in [5.74, 6) is -0.490. The molecule has 0 bridgehead atoms. The zero-order valence-electron chi connectivity index (χ0n) is 10.1. The van der Waals surface area contributed by atoms with E-state index in [1.165, 1.54) is 0 Å². The van der Waals surface area contributed by atoms with Crippen LogP contribution in [0.2, 0.25) is 0 Å². The third-order valence-electron chi connectivity index (χ3n) is 2.80. The standard InChI is InChI=1S/C14H14ClNO2/c1-2-18-14(17)12-4-3-11(15)9-13(12)10-5-7-16-8-6-10/h3,5-9,12H,2,4H2,1H3. The van der Waals surface area contributed by atoms with Gasteiger partial charge in [0.25, 0.3) is 0 Å². The van der Waals surface area contributed by atoms with Gasteiger partial charge in [-0.15, -0.1) is 0 Å². The molecule has 0 aliphatic heterocycles. The van der Waals surface area contributed by atoms with Gasteiger partial charge in [0.2, 0.25) is 0 Å². The highest BCUT2D eigenvalue weighted by molar-refractivity contribution is 6.32. The van der Waals surface area contributed by atoms with Crippen LogP contribution < -0.4 is 0 Å². The molecule has 1 atom stereocenters. The third kappa shape index (κ3) is 2.79. The van der Waals surface area contributed by atoms with Gasteiger partial charge in [-0.3, -0.25) is 9.78 Å². The van der Waals surface area contributed by atoms with Gasteiger partial charge in [0.1, 0.15) is 0 Å². The van der Waals surface area contributed by atoms with Gasteiger partial charge >= 0.3 is 5.97 Å². The number of allylic oxidation sites excluding steroid dienone is 3. The molecule has 0 saturated heterocycles. The van der Waals surface area contributed by atoms with E-state index in [1.807, 2.05) is 24.3 Å². The van der Waals surface area contributed by atoms with E-state index < -0.39 is 0 Å². The lowest BCUT2D eigenvalue weighted by atomic mass is 9.87. The van der Waals surface area contributed by atoms with E-state index in [2.05, 4.69) is 4.98 Å². The molecule has 0 radical (unpaired) electrons. The molecule has 18 heavy (non-hydrogen) atoms. The fourth-order valence-corrected chi connectivity index (χ4v) is 2.17. The molecule has 0 fully saturated rings. The van der Waals surface area contributed by atoms with Crippen molar-refractivity contribution in [2.45, 2.75) is 13.3 Å². The summed E-state index contributed by atoms with van der Waals surface area (Å²) < 4.78 is 5.10. The summed E-state index contributed by atoms with van der Waals surface area (Å²) >= 11 is 6.03. The number of esters is 1. The lowest BCUT2D eigenvalue weighted by Gasteiger charge is -2.21. The zero-order valence-corrected chi connectivity index (χ0v) is 10.9. The first kappa shape index (κ1) is 12.8. The summed E-state index contributed by atoms with van der Waals surface area (Å²) in [7, 11) is 0. The first-order valence-electron chi connectivity index (χ1n) is 5.86. The average Bonchev–Trinajstić information content (AvgIpc) is 2.40. The van der Waals surface area contributed by atoms with Gasteiger partial charge in [-0.25, -0.2) is 0 Å². The van der Waals surface area contributed by atoms with Gasteiger partial charge in [-0.05, 0) is 42.7 Å². The topological polar surface area (TPSA) is 39.2 Å². The fraction of sp³-hybridized carbons (Fsp3) is 0.286. The highest BCUT2D eigenvalue weighted by Gasteiger charge is 2.26. The Morgan fingerprint density at radius 3 is 2.89 bits per heavy atom. The summed E-state index contributed by atoms with van der Waals surface area (Å²) in [5, 5.41) is 0.655. The number of nitrogens with zero attached hydrogens (tertiary/aromatic N) is 1. The number of hydrogen-bond acceptors (Lipinski definition) is 3. The lowest BCUT2D eigenvalue weighted by Crippen LogP contribution is -2.20. The van der Waals surface area contributed by atoms with E-state index in [0.29, 0.717) is 18.1 Å². The number of hydrogen-bond donors (Lipinski definition) is 0. The molecule has 0 aromatic carbocycles. The van der Waals surface area contributed by atoms with Gasteiger partial charge < -0.3 is 4.74 Å². The second-order valence-corrected chi connectivity index (χ2v) is 4.40. The van der Waals surface area contributed by atoms with E-state index >= 15 is 0 Å². The lowest BCUT2D eigenvalue weighted by molar-refractivity contribution is -0.145. The Balaban J connectivity index is 2.32. The average molecular weight is 264 g/mol. The van der Waals surface area contributed by atoms with E-state index in [9.17, 15) is 4.79 Å². The van der Waals surface area contributed by atoms with Crippen LogP contribution in [-0.2, 0) is 9.53 Å². The number of carbonyl (C=O) groups excluding carboxylic acids is 1. The van der Waals surface area contributed by atoms with Crippen LogP contribution in [0.15, 0.2) is 41.7 Å². The first-order valence-corrected chi connectivity index (χ1v) is 6.24. The predicted molar refractivity (Wildman–Crippen MR) is 70.9 cm³/mol. The van der Waals surface area contributed by atoms with Crippen LogP contribution in [0.4, 0.5) is 0 Å². The molecule has 94 valence electrons. The van der Waals surface area contributed by atoms with Crippen molar-refractivity contribution in [3.63, 3.8) is 0 Å². The monoisotopic (exact) mass is 263 g/mol. The SMILES string of the molecule is CCOC(=O)C1CC=C(Cl)C=C1c1ccncc1. The maximum atomic E-state index is 11.9. The summed E-state index contributed by atoms with van der Waals surface area (Å²) in [5.41, 5.74) is 1.85. The molecule has 1 unspecified atom stereocenters. The molecule has 1 heterocycles. The molecule has 0 saturated carbocycles. The van der Waals surface area contributed by atoms with Crippen LogP contribution in [0.1, 0.15) is 18.9 Å². The Labute approximate surface area is 111 Å². The van der Waals surface area contributed by atoms with Gasteiger partial charge in [0.15, 0.2) is 0 Å². The number of aromatic nitrogens is 1. The van der Waals surface area contributed by atoms with Crippen molar-refractivity contribution in [1.29, 1.82) is 0 Å². The molecule has 1 aromatic rings. The van der Waals surface area contributed by atoms with Crippen LogP contribution in [0, 0.1) is 5.92 Å². The van der Waals surface area contributed by atoms with Crippen molar-refractivity contribution < 1.29 is 9.53 Å². The predicted octanol–water partition coefficient (Wildman–Crippen LogP) is 3.17. The number of ether oxygens (including phenoxy) is 1. The highest BCUT2D eigenvalue weighted by atomic mass is 35.5. The van der Waals surface area contributed by atoms with Crippen molar-refractivity contribution >= 4 is 23.1 Å². The Morgan fingerprint density at radius 2 is 2.22 bits per heavy atom. The minimum absolute atomic E-state index is 0.207. The molecular formula is C14H14ClNO2. The maximum absolute atomic E-state index is 11.9. The van der Waals surface area contributed by atoms with E-state index in [0.717, 1.165) is 11.1 Å². The molecule has 0 spiro atoms. The summed E-state index contributed by atoms with van der Waals surface area (Å²) in [4.78, 5) is 15.9. The Morgan fingerprint density at radius 1 is 1.50 bits per heavy atom.